The first kappa shape index (κ1) is 12.0. The minimum absolute atomic E-state index is 0.490. The van der Waals surface area contributed by atoms with Gasteiger partial charge in [-0.3, -0.25) is 0 Å². The number of nitrogen functional groups attached to an aromatic ring is 1. The van der Waals surface area contributed by atoms with Crippen LogP contribution >= 0.6 is 15.9 Å². The Morgan fingerprint density at radius 2 is 2.22 bits per heavy atom. The molecule has 0 aliphatic heterocycles. The van der Waals surface area contributed by atoms with E-state index in [1.165, 1.54) is 25.7 Å². The molecule has 0 saturated heterocycles. The molecule has 1 aromatic heterocycles. The van der Waals surface area contributed by atoms with E-state index < -0.39 is 0 Å². The number of imidazole rings is 1. The van der Waals surface area contributed by atoms with Crippen molar-refractivity contribution in [3.05, 3.63) is 22.7 Å². The van der Waals surface area contributed by atoms with Crippen molar-refractivity contribution in [1.82, 2.24) is 9.55 Å². The van der Waals surface area contributed by atoms with Crippen molar-refractivity contribution in [2.75, 3.05) is 5.73 Å². The molecule has 1 heterocycles. The second-order valence-electron chi connectivity index (χ2n) is 5.44. The van der Waals surface area contributed by atoms with Gasteiger partial charge >= 0.3 is 0 Å². The number of hydrogen-bond donors (Lipinski definition) is 1. The number of hydrogen-bond acceptors (Lipinski definition) is 2. The van der Waals surface area contributed by atoms with Crippen LogP contribution in [-0.4, -0.2) is 9.55 Å². The van der Waals surface area contributed by atoms with Crippen molar-refractivity contribution in [3.8, 4) is 0 Å². The van der Waals surface area contributed by atoms with E-state index >= 15 is 0 Å². The maximum Gasteiger partial charge on any atom is 0.201 e. The van der Waals surface area contributed by atoms with E-state index in [4.69, 9.17) is 5.73 Å². The molecular formula is C14H18BrN3. The third-order valence-electron chi connectivity index (χ3n) is 3.97. The number of aromatic nitrogens is 2. The van der Waals surface area contributed by atoms with Gasteiger partial charge in [-0.05, 0) is 42.9 Å². The highest BCUT2D eigenvalue weighted by molar-refractivity contribution is 9.10. The molecule has 96 valence electrons. The molecular weight excluding hydrogens is 290 g/mol. The second kappa shape index (κ2) is 4.26. The van der Waals surface area contributed by atoms with Gasteiger partial charge in [-0.2, -0.15) is 0 Å². The number of nitrogens with zero attached hydrogens (tertiary/aromatic N) is 2. The molecule has 1 aliphatic rings. The van der Waals surface area contributed by atoms with Gasteiger partial charge < -0.3 is 10.3 Å². The summed E-state index contributed by atoms with van der Waals surface area (Å²) >= 11 is 3.47. The van der Waals surface area contributed by atoms with Gasteiger partial charge in [-0.15, -0.1) is 0 Å². The fourth-order valence-electron chi connectivity index (χ4n) is 2.82. The highest BCUT2D eigenvalue weighted by atomic mass is 79.9. The van der Waals surface area contributed by atoms with E-state index in [2.05, 4.69) is 44.5 Å². The van der Waals surface area contributed by atoms with E-state index in [0.29, 0.717) is 11.4 Å². The largest absolute Gasteiger partial charge is 0.369 e. The van der Waals surface area contributed by atoms with Crippen molar-refractivity contribution in [1.29, 1.82) is 0 Å². The Hall–Kier alpha value is -1.03. The van der Waals surface area contributed by atoms with Crippen LogP contribution in [0.5, 0.6) is 0 Å². The fraction of sp³-hybridized carbons (Fsp3) is 0.500. The highest BCUT2D eigenvalue weighted by Gasteiger charge is 2.42. The Morgan fingerprint density at radius 1 is 1.44 bits per heavy atom. The van der Waals surface area contributed by atoms with Gasteiger partial charge in [-0.25, -0.2) is 4.98 Å². The Labute approximate surface area is 116 Å². The molecule has 1 saturated carbocycles. The second-order valence-corrected chi connectivity index (χ2v) is 6.35. The molecule has 0 amide bonds. The Kier molecular flexibility index (Phi) is 2.85. The number of anilines is 1. The average Bonchev–Trinajstić information content (AvgIpc) is 3.00. The molecule has 2 N–H and O–H groups in total. The number of fused-ring (bicyclic) bond motifs is 1. The molecule has 0 unspecified atom stereocenters. The first-order chi connectivity index (χ1) is 8.63. The van der Waals surface area contributed by atoms with Gasteiger partial charge in [-0.1, -0.05) is 29.3 Å². The standard InChI is InChI=1S/C14H18BrN3/c1-2-5-14(6-7-14)9-18-12-4-3-10(15)8-11(12)17-13(18)16/h3-4,8H,2,5-7,9H2,1H3,(H2,16,17). The van der Waals surface area contributed by atoms with Crippen molar-refractivity contribution in [2.45, 2.75) is 39.2 Å². The third-order valence-corrected chi connectivity index (χ3v) is 4.46. The summed E-state index contributed by atoms with van der Waals surface area (Å²) in [6.45, 7) is 3.28. The van der Waals surface area contributed by atoms with Crippen LogP contribution < -0.4 is 5.73 Å². The summed E-state index contributed by atoms with van der Waals surface area (Å²) in [5, 5.41) is 0. The Morgan fingerprint density at radius 3 is 2.89 bits per heavy atom. The predicted octanol–water partition coefficient (Wildman–Crippen LogP) is 3.96. The molecule has 3 nitrogen and oxygen atoms in total. The fourth-order valence-corrected chi connectivity index (χ4v) is 3.17. The van der Waals surface area contributed by atoms with Crippen LogP contribution in [0.2, 0.25) is 0 Å². The number of nitrogens with two attached hydrogens (primary N) is 1. The number of benzene rings is 1. The highest BCUT2D eigenvalue weighted by Crippen LogP contribution is 2.51. The zero-order valence-corrected chi connectivity index (χ0v) is 12.2. The summed E-state index contributed by atoms with van der Waals surface area (Å²) in [4.78, 5) is 4.46. The van der Waals surface area contributed by atoms with E-state index in [0.717, 1.165) is 22.1 Å². The SMILES string of the molecule is CCCC1(Cn2c(N)nc3cc(Br)ccc32)CC1. The lowest BCUT2D eigenvalue weighted by Gasteiger charge is -2.16. The molecule has 1 aromatic carbocycles. The average molecular weight is 308 g/mol. The molecule has 18 heavy (non-hydrogen) atoms. The lowest BCUT2D eigenvalue weighted by Crippen LogP contribution is -2.13. The van der Waals surface area contributed by atoms with Crippen LogP contribution in [0.15, 0.2) is 22.7 Å². The maximum absolute atomic E-state index is 6.07. The predicted molar refractivity (Wildman–Crippen MR) is 78.4 cm³/mol. The van der Waals surface area contributed by atoms with Crippen LogP contribution in [0.4, 0.5) is 5.95 Å². The summed E-state index contributed by atoms with van der Waals surface area (Å²) in [5.41, 5.74) is 8.69. The summed E-state index contributed by atoms with van der Waals surface area (Å²) in [5.74, 6) is 0.644. The van der Waals surface area contributed by atoms with Crippen LogP contribution in [-0.2, 0) is 6.54 Å². The lowest BCUT2D eigenvalue weighted by atomic mass is 10.0. The van der Waals surface area contributed by atoms with E-state index in [9.17, 15) is 0 Å². The van der Waals surface area contributed by atoms with Gasteiger partial charge in [0.2, 0.25) is 5.95 Å². The number of halogens is 1. The molecule has 0 radical (unpaired) electrons. The van der Waals surface area contributed by atoms with Crippen molar-refractivity contribution in [2.24, 2.45) is 5.41 Å². The summed E-state index contributed by atoms with van der Waals surface area (Å²) in [7, 11) is 0. The monoisotopic (exact) mass is 307 g/mol. The maximum atomic E-state index is 6.07. The van der Waals surface area contributed by atoms with E-state index in [-0.39, 0.29) is 0 Å². The topological polar surface area (TPSA) is 43.8 Å². The first-order valence-electron chi connectivity index (χ1n) is 6.55. The van der Waals surface area contributed by atoms with Crippen LogP contribution in [0.3, 0.4) is 0 Å². The minimum atomic E-state index is 0.490. The lowest BCUT2D eigenvalue weighted by molar-refractivity contribution is 0.396. The zero-order chi connectivity index (χ0) is 12.8. The van der Waals surface area contributed by atoms with Crippen molar-refractivity contribution >= 4 is 32.9 Å². The molecule has 0 bridgehead atoms. The molecule has 0 spiro atoms. The number of rotatable bonds is 4. The minimum Gasteiger partial charge on any atom is -0.369 e. The molecule has 1 fully saturated rings. The van der Waals surface area contributed by atoms with Crippen molar-refractivity contribution in [3.63, 3.8) is 0 Å². The van der Waals surface area contributed by atoms with Gasteiger partial charge in [0.15, 0.2) is 0 Å². The van der Waals surface area contributed by atoms with Crippen LogP contribution in [0.1, 0.15) is 32.6 Å². The van der Waals surface area contributed by atoms with Gasteiger partial charge in [0.25, 0.3) is 0 Å². The molecule has 2 aromatic rings. The smallest absolute Gasteiger partial charge is 0.201 e. The Bertz CT molecular complexity index is 584. The third kappa shape index (κ3) is 2.03. The molecule has 1 aliphatic carbocycles. The van der Waals surface area contributed by atoms with E-state index in [1.54, 1.807) is 0 Å². The van der Waals surface area contributed by atoms with E-state index in [1.807, 2.05) is 6.07 Å². The summed E-state index contributed by atoms with van der Waals surface area (Å²) < 4.78 is 3.24. The molecule has 4 heteroatoms. The van der Waals surface area contributed by atoms with Crippen LogP contribution in [0, 0.1) is 5.41 Å². The van der Waals surface area contributed by atoms with Gasteiger partial charge in [0.05, 0.1) is 11.0 Å². The molecule has 0 atom stereocenters. The first-order valence-corrected chi connectivity index (χ1v) is 7.34. The molecule has 3 rings (SSSR count). The summed E-state index contributed by atoms with van der Waals surface area (Å²) in [6, 6.07) is 6.19. The summed E-state index contributed by atoms with van der Waals surface area (Å²) in [6.07, 6.45) is 5.20. The normalized spacial score (nSPS) is 17.2. The zero-order valence-electron chi connectivity index (χ0n) is 10.6. The Balaban J connectivity index is 1.99. The van der Waals surface area contributed by atoms with Crippen LogP contribution in [0.25, 0.3) is 11.0 Å². The van der Waals surface area contributed by atoms with Gasteiger partial charge in [0, 0.05) is 11.0 Å². The van der Waals surface area contributed by atoms with Gasteiger partial charge in [0.1, 0.15) is 0 Å². The van der Waals surface area contributed by atoms with Crippen molar-refractivity contribution < 1.29 is 0 Å². The quantitative estimate of drug-likeness (QED) is 0.929.